The number of nitrogens with one attached hydrogen (secondary N) is 1. The second-order valence-corrected chi connectivity index (χ2v) is 6.01. The van der Waals surface area contributed by atoms with Crippen molar-refractivity contribution in [2.45, 2.75) is 37.0 Å². The molecule has 0 radical (unpaired) electrons. The summed E-state index contributed by atoms with van der Waals surface area (Å²) in [5.41, 5.74) is 4.05. The third kappa shape index (κ3) is 2.33. The summed E-state index contributed by atoms with van der Waals surface area (Å²) in [6.07, 6.45) is 2.32. The number of carbonyl (C=O) groups is 1. The van der Waals surface area contributed by atoms with Crippen LogP contribution < -0.4 is 11.3 Å². The van der Waals surface area contributed by atoms with Crippen LogP contribution in [0.25, 0.3) is 0 Å². The van der Waals surface area contributed by atoms with Crippen LogP contribution in [0.3, 0.4) is 0 Å². The first-order valence-corrected chi connectivity index (χ1v) is 6.81. The van der Waals surface area contributed by atoms with E-state index in [1.807, 2.05) is 31.7 Å². The average Bonchev–Trinajstić information content (AvgIpc) is 2.37. The largest absolute Gasteiger partial charge is 0.294 e. The van der Waals surface area contributed by atoms with Crippen LogP contribution in [0.4, 0.5) is 0 Å². The third-order valence-electron chi connectivity index (χ3n) is 3.33. The molecule has 4 heteroatoms. The lowest BCUT2D eigenvalue weighted by atomic mass is 9.83. The minimum atomic E-state index is -0.577. The number of thioether (sulfide) groups is 1. The fourth-order valence-corrected chi connectivity index (χ4v) is 3.08. The molecule has 92 valence electrons. The Morgan fingerprint density at radius 2 is 2.24 bits per heavy atom. The molecule has 0 saturated heterocycles. The van der Waals surface area contributed by atoms with Crippen molar-refractivity contribution in [3.8, 4) is 0 Å². The molecule has 0 unspecified atom stereocenters. The van der Waals surface area contributed by atoms with E-state index in [0.717, 1.165) is 12.0 Å². The lowest BCUT2D eigenvalue weighted by molar-refractivity contribution is -0.125. The lowest BCUT2D eigenvalue weighted by Crippen LogP contribution is -2.43. The van der Waals surface area contributed by atoms with E-state index in [9.17, 15) is 4.79 Å². The number of fused-ring (bicyclic) bond motifs is 1. The van der Waals surface area contributed by atoms with Crippen molar-refractivity contribution < 1.29 is 4.79 Å². The average molecular weight is 250 g/mol. The van der Waals surface area contributed by atoms with Crippen LogP contribution in [-0.4, -0.2) is 11.7 Å². The van der Waals surface area contributed by atoms with Crippen molar-refractivity contribution >= 4 is 17.7 Å². The van der Waals surface area contributed by atoms with Crippen molar-refractivity contribution in [1.82, 2.24) is 5.43 Å². The molecule has 17 heavy (non-hydrogen) atoms. The summed E-state index contributed by atoms with van der Waals surface area (Å²) in [6, 6.07) is 6.31. The Balaban J connectivity index is 2.36. The topological polar surface area (TPSA) is 55.1 Å². The molecule has 1 aliphatic rings. The summed E-state index contributed by atoms with van der Waals surface area (Å²) in [6.45, 7) is 3.79. The van der Waals surface area contributed by atoms with Gasteiger partial charge in [0.2, 0.25) is 5.91 Å². The highest BCUT2D eigenvalue weighted by molar-refractivity contribution is 7.99. The predicted octanol–water partition coefficient (Wildman–Crippen LogP) is 1.99. The summed E-state index contributed by atoms with van der Waals surface area (Å²) >= 11 is 1.90. The van der Waals surface area contributed by atoms with Gasteiger partial charge in [0, 0.05) is 4.90 Å². The van der Waals surface area contributed by atoms with Crippen LogP contribution >= 0.6 is 11.8 Å². The van der Waals surface area contributed by atoms with Gasteiger partial charge in [-0.05, 0) is 49.6 Å². The summed E-state index contributed by atoms with van der Waals surface area (Å²) in [5.74, 6) is 6.27. The van der Waals surface area contributed by atoms with Crippen LogP contribution in [0.2, 0.25) is 0 Å². The Labute approximate surface area is 106 Å². The van der Waals surface area contributed by atoms with Gasteiger partial charge in [0.25, 0.3) is 0 Å². The smallest absolute Gasteiger partial charge is 0.243 e. The number of benzene rings is 1. The molecule has 3 nitrogen and oxygen atoms in total. The van der Waals surface area contributed by atoms with E-state index < -0.39 is 5.41 Å². The van der Waals surface area contributed by atoms with E-state index in [1.165, 1.54) is 22.6 Å². The molecule has 1 aromatic rings. The predicted molar refractivity (Wildman–Crippen MR) is 70.8 cm³/mol. The van der Waals surface area contributed by atoms with Gasteiger partial charge in [-0.3, -0.25) is 10.2 Å². The summed E-state index contributed by atoms with van der Waals surface area (Å²) in [5, 5.41) is 0. The number of amides is 1. The van der Waals surface area contributed by atoms with Crippen molar-refractivity contribution in [2.75, 3.05) is 5.75 Å². The molecule has 0 atom stereocenters. The standard InChI is InChI=1S/C13H18N2OS/c1-13(2,12(16)15-14)10-5-6-11-9(8-10)4-3-7-17-11/h5-6,8H,3-4,7,14H2,1-2H3,(H,15,16). The molecular weight excluding hydrogens is 232 g/mol. The Bertz CT molecular complexity index is 443. The molecule has 0 bridgehead atoms. The van der Waals surface area contributed by atoms with Gasteiger partial charge in [-0.25, -0.2) is 5.84 Å². The highest BCUT2D eigenvalue weighted by Crippen LogP contribution is 2.33. The first-order valence-electron chi connectivity index (χ1n) is 5.83. The van der Waals surface area contributed by atoms with Gasteiger partial charge < -0.3 is 0 Å². The van der Waals surface area contributed by atoms with E-state index in [2.05, 4.69) is 17.6 Å². The van der Waals surface area contributed by atoms with Crippen LogP contribution in [-0.2, 0) is 16.6 Å². The van der Waals surface area contributed by atoms with Gasteiger partial charge >= 0.3 is 0 Å². The molecule has 3 N–H and O–H groups in total. The lowest BCUT2D eigenvalue weighted by Gasteiger charge is -2.25. The second kappa shape index (κ2) is 4.70. The maximum atomic E-state index is 11.8. The van der Waals surface area contributed by atoms with Gasteiger partial charge in [0.05, 0.1) is 5.41 Å². The van der Waals surface area contributed by atoms with Crippen molar-refractivity contribution in [1.29, 1.82) is 0 Å². The van der Waals surface area contributed by atoms with Gasteiger partial charge in [0.1, 0.15) is 0 Å². The molecule has 1 heterocycles. The quantitative estimate of drug-likeness (QED) is 0.479. The molecule has 1 aliphatic heterocycles. The Hall–Kier alpha value is -1.00. The minimum Gasteiger partial charge on any atom is -0.294 e. The number of hydrogen-bond donors (Lipinski definition) is 2. The maximum Gasteiger partial charge on any atom is 0.243 e. The maximum absolute atomic E-state index is 11.8. The van der Waals surface area contributed by atoms with Crippen LogP contribution in [0.1, 0.15) is 31.4 Å². The number of hydrogen-bond acceptors (Lipinski definition) is 3. The normalized spacial score (nSPS) is 15.2. The Morgan fingerprint density at radius 1 is 1.47 bits per heavy atom. The van der Waals surface area contributed by atoms with Crippen molar-refractivity contribution in [3.05, 3.63) is 29.3 Å². The fourth-order valence-electron chi connectivity index (χ4n) is 2.06. The van der Waals surface area contributed by atoms with Gasteiger partial charge in [-0.2, -0.15) is 0 Å². The zero-order chi connectivity index (χ0) is 12.5. The number of aryl methyl sites for hydroxylation is 1. The number of carbonyl (C=O) groups excluding carboxylic acids is 1. The zero-order valence-electron chi connectivity index (χ0n) is 10.2. The molecule has 0 aliphatic carbocycles. The molecule has 0 fully saturated rings. The Kier molecular flexibility index (Phi) is 3.45. The van der Waals surface area contributed by atoms with Crippen molar-refractivity contribution in [2.24, 2.45) is 5.84 Å². The van der Waals surface area contributed by atoms with Gasteiger partial charge in [0.15, 0.2) is 0 Å². The molecule has 1 aromatic carbocycles. The molecule has 1 amide bonds. The monoisotopic (exact) mass is 250 g/mol. The van der Waals surface area contributed by atoms with Crippen LogP contribution in [0.5, 0.6) is 0 Å². The fraction of sp³-hybridized carbons (Fsp3) is 0.462. The first-order chi connectivity index (χ1) is 8.05. The minimum absolute atomic E-state index is 0.152. The summed E-state index contributed by atoms with van der Waals surface area (Å²) in [4.78, 5) is 13.1. The Morgan fingerprint density at radius 3 is 2.94 bits per heavy atom. The van der Waals surface area contributed by atoms with E-state index in [4.69, 9.17) is 5.84 Å². The summed E-state index contributed by atoms with van der Waals surface area (Å²) < 4.78 is 0. The number of nitrogens with two attached hydrogens (primary N) is 1. The molecule has 0 spiro atoms. The third-order valence-corrected chi connectivity index (χ3v) is 4.53. The highest BCUT2D eigenvalue weighted by Gasteiger charge is 2.29. The van der Waals surface area contributed by atoms with Gasteiger partial charge in [-0.15, -0.1) is 11.8 Å². The first kappa shape index (κ1) is 12.5. The second-order valence-electron chi connectivity index (χ2n) is 4.87. The van der Waals surface area contributed by atoms with Crippen LogP contribution in [0.15, 0.2) is 23.1 Å². The zero-order valence-corrected chi connectivity index (χ0v) is 11.1. The van der Waals surface area contributed by atoms with E-state index >= 15 is 0 Å². The molecular formula is C13H18N2OS. The van der Waals surface area contributed by atoms with Crippen molar-refractivity contribution in [3.63, 3.8) is 0 Å². The van der Waals surface area contributed by atoms with Gasteiger partial charge in [-0.1, -0.05) is 12.1 Å². The van der Waals surface area contributed by atoms with E-state index in [1.54, 1.807) is 0 Å². The number of rotatable bonds is 2. The molecule has 0 aromatic heterocycles. The highest BCUT2D eigenvalue weighted by atomic mass is 32.2. The van der Waals surface area contributed by atoms with Crippen LogP contribution in [0, 0.1) is 0 Å². The van der Waals surface area contributed by atoms with E-state index in [0.29, 0.717) is 0 Å². The SMILES string of the molecule is CC(C)(C(=O)NN)c1ccc2c(c1)CCCS2. The van der Waals surface area contributed by atoms with E-state index in [-0.39, 0.29) is 5.91 Å². The molecule has 2 rings (SSSR count). The molecule has 0 saturated carbocycles. The summed E-state index contributed by atoms with van der Waals surface area (Å²) in [7, 11) is 0. The number of hydrazine groups is 1.